The van der Waals surface area contributed by atoms with Crippen molar-refractivity contribution in [2.24, 2.45) is 5.92 Å². The van der Waals surface area contributed by atoms with Crippen LogP contribution >= 0.6 is 0 Å². The maximum atomic E-state index is 12.4. The van der Waals surface area contributed by atoms with Gasteiger partial charge >= 0.3 is 6.61 Å². The number of nitriles is 1. The number of halogens is 2. The van der Waals surface area contributed by atoms with Crippen LogP contribution in [0.5, 0.6) is 17.2 Å². The molecule has 0 spiro atoms. The number of ether oxygens (including phenoxy) is 2. The second-order valence-electron chi connectivity index (χ2n) is 7.31. The Labute approximate surface area is 175 Å². The minimum atomic E-state index is -2.86. The fraction of sp³-hybridized carbons (Fsp3) is 0.240. The molecule has 0 bridgehead atoms. The van der Waals surface area contributed by atoms with Crippen molar-refractivity contribution in [3.05, 3.63) is 90.0 Å². The molecule has 30 heavy (non-hydrogen) atoms. The molecule has 3 aromatic carbocycles. The number of nitrogens with zero attached hydrogens (tertiary/aromatic N) is 1. The van der Waals surface area contributed by atoms with Gasteiger partial charge in [-0.15, -0.1) is 0 Å². The zero-order valence-corrected chi connectivity index (χ0v) is 16.8. The van der Waals surface area contributed by atoms with Gasteiger partial charge in [-0.25, -0.2) is 0 Å². The van der Waals surface area contributed by atoms with E-state index in [4.69, 9.17) is 4.74 Å². The van der Waals surface area contributed by atoms with E-state index >= 15 is 0 Å². The van der Waals surface area contributed by atoms with Gasteiger partial charge in [0.1, 0.15) is 17.2 Å². The van der Waals surface area contributed by atoms with Gasteiger partial charge in [0, 0.05) is 5.92 Å². The van der Waals surface area contributed by atoms with Crippen LogP contribution in [0.2, 0.25) is 0 Å². The summed E-state index contributed by atoms with van der Waals surface area (Å²) in [5.41, 5.74) is 1.74. The molecule has 2 unspecified atom stereocenters. The molecule has 154 valence electrons. The van der Waals surface area contributed by atoms with Crippen LogP contribution in [0.4, 0.5) is 8.78 Å². The monoisotopic (exact) mass is 407 g/mol. The Hall–Kier alpha value is -3.39. The van der Waals surface area contributed by atoms with E-state index in [1.807, 2.05) is 68.4 Å². The van der Waals surface area contributed by atoms with Gasteiger partial charge in [-0.2, -0.15) is 14.0 Å². The lowest BCUT2D eigenvalue weighted by Gasteiger charge is -2.27. The first-order valence-corrected chi connectivity index (χ1v) is 9.75. The predicted octanol–water partition coefficient (Wildman–Crippen LogP) is 7.13. The van der Waals surface area contributed by atoms with E-state index in [1.165, 1.54) is 12.1 Å². The molecule has 3 aromatic rings. The summed E-state index contributed by atoms with van der Waals surface area (Å²) in [6, 6.07) is 25.9. The largest absolute Gasteiger partial charge is 0.457 e. The van der Waals surface area contributed by atoms with Crippen molar-refractivity contribution in [3.8, 4) is 23.3 Å². The van der Waals surface area contributed by atoms with Crippen LogP contribution < -0.4 is 9.47 Å². The fourth-order valence-corrected chi connectivity index (χ4v) is 3.59. The highest BCUT2D eigenvalue weighted by Gasteiger charge is 2.28. The van der Waals surface area contributed by atoms with Crippen LogP contribution in [0.15, 0.2) is 78.9 Å². The van der Waals surface area contributed by atoms with Crippen LogP contribution in [0.3, 0.4) is 0 Å². The van der Waals surface area contributed by atoms with E-state index in [0.717, 1.165) is 16.9 Å². The maximum Gasteiger partial charge on any atom is 0.387 e. The topological polar surface area (TPSA) is 42.2 Å². The van der Waals surface area contributed by atoms with Crippen LogP contribution in [0, 0.1) is 17.2 Å². The molecule has 0 radical (unpaired) electrons. The molecule has 0 fully saturated rings. The number of benzene rings is 3. The summed E-state index contributed by atoms with van der Waals surface area (Å²) in [4.78, 5) is 0. The second kappa shape index (κ2) is 9.89. The van der Waals surface area contributed by atoms with Gasteiger partial charge in [-0.1, -0.05) is 56.3 Å². The summed E-state index contributed by atoms with van der Waals surface area (Å²) in [5.74, 6) is 1.08. The predicted molar refractivity (Wildman–Crippen MR) is 112 cm³/mol. The SMILES string of the molecule is CC(C)C(c1ccc(OC(F)F)cc1)C(C#N)c1cccc(Oc2ccccc2)c1. The van der Waals surface area contributed by atoms with Gasteiger partial charge < -0.3 is 9.47 Å². The van der Waals surface area contributed by atoms with E-state index in [0.29, 0.717) is 5.75 Å². The summed E-state index contributed by atoms with van der Waals surface area (Å²) in [6.07, 6.45) is 0. The van der Waals surface area contributed by atoms with E-state index in [1.54, 1.807) is 12.1 Å². The third-order valence-electron chi connectivity index (χ3n) is 4.90. The standard InChI is InChI=1S/C25H23F2NO2/c1-17(2)24(18-11-13-21(14-12-18)30-25(26)27)23(16-28)19-7-6-10-22(15-19)29-20-8-4-3-5-9-20/h3-15,17,23-25H,1-2H3. The molecular weight excluding hydrogens is 384 g/mol. The van der Waals surface area contributed by atoms with E-state index in [9.17, 15) is 14.0 Å². The Balaban J connectivity index is 1.88. The first-order valence-electron chi connectivity index (χ1n) is 9.75. The Morgan fingerprint density at radius 1 is 0.767 bits per heavy atom. The van der Waals surface area contributed by atoms with Gasteiger partial charge in [-0.3, -0.25) is 0 Å². The van der Waals surface area contributed by atoms with Crippen molar-refractivity contribution in [2.75, 3.05) is 0 Å². The van der Waals surface area contributed by atoms with Gasteiger partial charge in [0.15, 0.2) is 0 Å². The molecule has 0 aromatic heterocycles. The fourth-order valence-electron chi connectivity index (χ4n) is 3.59. The normalized spacial score (nSPS) is 13.0. The maximum absolute atomic E-state index is 12.4. The van der Waals surface area contributed by atoms with Crippen molar-refractivity contribution in [1.29, 1.82) is 5.26 Å². The molecule has 3 rings (SSSR count). The molecule has 5 heteroatoms. The quantitative estimate of drug-likeness (QED) is 0.399. The third-order valence-corrected chi connectivity index (χ3v) is 4.90. The zero-order valence-electron chi connectivity index (χ0n) is 16.8. The lowest BCUT2D eigenvalue weighted by atomic mass is 9.76. The highest BCUT2D eigenvalue weighted by Crippen LogP contribution is 2.40. The average Bonchev–Trinajstić information content (AvgIpc) is 2.73. The minimum Gasteiger partial charge on any atom is -0.457 e. The lowest BCUT2D eigenvalue weighted by molar-refractivity contribution is -0.0498. The van der Waals surface area contributed by atoms with E-state index < -0.39 is 12.5 Å². The van der Waals surface area contributed by atoms with E-state index in [2.05, 4.69) is 10.8 Å². The molecular formula is C25H23F2NO2. The first-order chi connectivity index (χ1) is 14.5. The number of alkyl halides is 2. The van der Waals surface area contributed by atoms with Gasteiger partial charge in [0.05, 0.1) is 12.0 Å². The number of hydrogen-bond acceptors (Lipinski definition) is 3. The van der Waals surface area contributed by atoms with Gasteiger partial charge in [-0.05, 0) is 53.4 Å². The van der Waals surface area contributed by atoms with Crippen molar-refractivity contribution in [3.63, 3.8) is 0 Å². The summed E-state index contributed by atoms with van der Waals surface area (Å²) >= 11 is 0. The molecule has 0 aliphatic heterocycles. The highest BCUT2D eigenvalue weighted by molar-refractivity contribution is 5.40. The Kier molecular flexibility index (Phi) is 7.03. The summed E-state index contributed by atoms with van der Waals surface area (Å²) in [6.45, 7) is 1.22. The minimum absolute atomic E-state index is 0.100. The van der Waals surface area contributed by atoms with Crippen molar-refractivity contribution in [2.45, 2.75) is 32.3 Å². The van der Waals surface area contributed by atoms with Gasteiger partial charge in [0.2, 0.25) is 0 Å². The number of hydrogen-bond donors (Lipinski definition) is 0. The van der Waals surface area contributed by atoms with Crippen LogP contribution in [0.1, 0.15) is 36.8 Å². The van der Waals surface area contributed by atoms with Crippen LogP contribution in [-0.2, 0) is 0 Å². The average molecular weight is 407 g/mol. The molecule has 0 saturated carbocycles. The number of para-hydroxylation sites is 1. The lowest BCUT2D eigenvalue weighted by Crippen LogP contribution is -2.16. The van der Waals surface area contributed by atoms with Crippen molar-refractivity contribution in [1.82, 2.24) is 0 Å². The Morgan fingerprint density at radius 2 is 1.43 bits per heavy atom. The molecule has 0 aliphatic carbocycles. The van der Waals surface area contributed by atoms with E-state index in [-0.39, 0.29) is 17.6 Å². The second-order valence-corrected chi connectivity index (χ2v) is 7.31. The van der Waals surface area contributed by atoms with Crippen LogP contribution in [-0.4, -0.2) is 6.61 Å². The van der Waals surface area contributed by atoms with Gasteiger partial charge in [0.25, 0.3) is 0 Å². The van der Waals surface area contributed by atoms with Crippen molar-refractivity contribution < 1.29 is 18.3 Å². The number of rotatable bonds is 8. The zero-order chi connectivity index (χ0) is 21.5. The molecule has 0 aliphatic rings. The highest BCUT2D eigenvalue weighted by atomic mass is 19.3. The summed E-state index contributed by atoms with van der Waals surface area (Å²) in [5, 5.41) is 10.00. The Bertz CT molecular complexity index is 982. The summed E-state index contributed by atoms with van der Waals surface area (Å²) in [7, 11) is 0. The molecule has 0 N–H and O–H groups in total. The molecule has 2 atom stereocenters. The Morgan fingerprint density at radius 3 is 2.03 bits per heavy atom. The van der Waals surface area contributed by atoms with Crippen molar-refractivity contribution >= 4 is 0 Å². The molecule has 3 nitrogen and oxygen atoms in total. The third kappa shape index (κ3) is 5.36. The molecule has 0 heterocycles. The molecule has 0 amide bonds. The van der Waals surface area contributed by atoms with Crippen LogP contribution in [0.25, 0.3) is 0 Å². The smallest absolute Gasteiger partial charge is 0.387 e. The summed E-state index contributed by atoms with van der Waals surface area (Å²) < 4.78 is 35.2. The first kappa shape index (κ1) is 21.3. The molecule has 0 saturated heterocycles.